The predicted octanol–water partition coefficient (Wildman–Crippen LogP) is 2.41. The molecule has 0 bridgehead atoms. The first kappa shape index (κ1) is 11.2. The molecule has 2 aromatic carbocycles. The third kappa shape index (κ3) is 1.68. The Morgan fingerprint density at radius 1 is 1.22 bits per heavy atom. The molecule has 0 aromatic heterocycles. The Balaban J connectivity index is 2.17. The van der Waals surface area contributed by atoms with Gasteiger partial charge in [0.05, 0.1) is 6.42 Å². The van der Waals surface area contributed by atoms with E-state index in [1.54, 1.807) is 0 Å². The van der Waals surface area contributed by atoms with Crippen LogP contribution in [0.1, 0.15) is 29.2 Å². The highest BCUT2D eigenvalue weighted by Gasteiger charge is 2.19. The zero-order chi connectivity index (χ0) is 12.7. The molecule has 1 aliphatic carbocycles. The van der Waals surface area contributed by atoms with Crippen molar-refractivity contribution in [3.8, 4) is 0 Å². The van der Waals surface area contributed by atoms with Crippen LogP contribution in [0, 0.1) is 0 Å². The van der Waals surface area contributed by atoms with Gasteiger partial charge in [0.2, 0.25) is 0 Å². The molecule has 1 unspecified atom stereocenters. The van der Waals surface area contributed by atoms with Crippen LogP contribution in [0.2, 0.25) is 0 Å². The zero-order valence-electron chi connectivity index (χ0n) is 10.0. The Labute approximate surface area is 105 Å². The fourth-order valence-corrected chi connectivity index (χ4v) is 2.89. The molecule has 0 fully saturated rings. The lowest BCUT2D eigenvalue weighted by molar-refractivity contribution is -0.137. The van der Waals surface area contributed by atoms with Crippen LogP contribution in [-0.4, -0.2) is 11.1 Å². The fourth-order valence-electron chi connectivity index (χ4n) is 2.89. The maximum atomic E-state index is 10.8. The number of aliphatic carboxylic acids is 1. The van der Waals surface area contributed by atoms with E-state index in [1.165, 1.54) is 16.5 Å². The number of aryl methyl sites for hydroxylation is 2. The quantitative estimate of drug-likeness (QED) is 0.867. The Kier molecular flexibility index (Phi) is 2.56. The summed E-state index contributed by atoms with van der Waals surface area (Å²) >= 11 is 0. The highest BCUT2D eigenvalue weighted by Crippen LogP contribution is 2.34. The lowest BCUT2D eigenvalue weighted by atomic mass is 9.94. The second-order valence-electron chi connectivity index (χ2n) is 4.86. The van der Waals surface area contributed by atoms with E-state index in [9.17, 15) is 4.79 Å². The highest BCUT2D eigenvalue weighted by atomic mass is 16.4. The Morgan fingerprint density at radius 3 is 2.67 bits per heavy atom. The summed E-state index contributed by atoms with van der Waals surface area (Å²) in [6.07, 6.45) is 2.12. The molecule has 3 rings (SSSR count). The number of nitrogens with two attached hydrogens (primary N) is 1. The third-order valence-electron chi connectivity index (χ3n) is 3.70. The lowest BCUT2D eigenvalue weighted by Crippen LogP contribution is -2.15. The minimum Gasteiger partial charge on any atom is -0.481 e. The van der Waals surface area contributed by atoms with Gasteiger partial charge in [0.15, 0.2) is 0 Å². The van der Waals surface area contributed by atoms with Crippen molar-refractivity contribution in [2.24, 2.45) is 5.73 Å². The maximum Gasteiger partial charge on any atom is 0.305 e. The summed E-state index contributed by atoms with van der Waals surface area (Å²) < 4.78 is 0. The van der Waals surface area contributed by atoms with Gasteiger partial charge in [-0.15, -0.1) is 0 Å². The van der Waals surface area contributed by atoms with Crippen LogP contribution in [0.4, 0.5) is 0 Å². The zero-order valence-corrected chi connectivity index (χ0v) is 10.0. The second kappa shape index (κ2) is 4.10. The highest BCUT2D eigenvalue weighted by molar-refractivity contribution is 5.93. The van der Waals surface area contributed by atoms with E-state index in [-0.39, 0.29) is 6.42 Å². The summed E-state index contributed by atoms with van der Waals surface area (Å²) in [5.41, 5.74) is 9.65. The summed E-state index contributed by atoms with van der Waals surface area (Å²) in [5, 5.41) is 11.3. The minimum absolute atomic E-state index is 0.0291. The molecule has 0 aliphatic heterocycles. The van der Waals surface area contributed by atoms with Crippen molar-refractivity contribution in [1.29, 1.82) is 0 Å². The average Bonchev–Trinajstić information content (AvgIpc) is 2.74. The van der Waals surface area contributed by atoms with Crippen LogP contribution in [0.5, 0.6) is 0 Å². The van der Waals surface area contributed by atoms with Gasteiger partial charge < -0.3 is 10.8 Å². The minimum atomic E-state index is -0.856. The predicted molar refractivity (Wildman–Crippen MR) is 70.5 cm³/mol. The standard InChI is InChI=1S/C15H15NO2/c16-13(8-14(17)18)11-7-6-10-5-4-9-2-1-3-12(11)15(9)10/h1-3,6-7,13H,4-5,8,16H2,(H,17,18). The van der Waals surface area contributed by atoms with Gasteiger partial charge in [-0.1, -0.05) is 30.3 Å². The molecule has 92 valence electrons. The maximum absolute atomic E-state index is 10.8. The first-order chi connectivity index (χ1) is 8.66. The summed E-state index contributed by atoms with van der Waals surface area (Å²) in [6, 6.07) is 9.86. The van der Waals surface area contributed by atoms with Crippen LogP contribution >= 0.6 is 0 Å². The first-order valence-electron chi connectivity index (χ1n) is 6.17. The van der Waals surface area contributed by atoms with E-state index in [2.05, 4.69) is 12.1 Å². The van der Waals surface area contributed by atoms with Crippen molar-refractivity contribution >= 4 is 16.7 Å². The SMILES string of the molecule is NC(CC(=O)O)c1ccc2c3c(cccc13)CC2. The van der Waals surface area contributed by atoms with Gasteiger partial charge in [-0.25, -0.2) is 0 Å². The molecule has 1 aliphatic rings. The van der Waals surface area contributed by atoms with Gasteiger partial charge in [0.1, 0.15) is 0 Å². The molecule has 0 heterocycles. The van der Waals surface area contributed by atoms with Crippen LogP contribution in [0.15, 0.2) is 30.3 Å². The normalized spacial score (nSPS) is 14.9. The van der Waals surface area contributed by atoms with Gasteiger partial charge >= 0.3 is 5.97 Å². The number of carboxylic acids is 1. The molecular formula is C15H15NO2. The molecule has 0 radical (unpaired) electrons. The Bertz CT molecular complexity index is 623. The van der Waals surface area contributed by atoms with Gasteiger partial charge in [-0.05, 0) is 40.3 Å². The third-order valence-corrected chi connectivity index (χ3v) is 3.70. The monoisotopic (exact) mass is 241 g/mol. The molecule has 18 heavy (non-hydrogen) atoms. The summed E-state index contributed by atoms with van der Waals surface area (Å²) in [4.78, 5) is 10.8. The average molecular weight is 241 g/mol. The van der Waals surface area contributed by atoms with E-state index in [1.807, 2.05) is 18.2 Å². The second-order valence-corrected chi connectivity index (χ2v) is 4.86. The van der Waals surface area contributed by atoms with Crippen molar-refractivity contribution in [3.63, 3.8) is 0 Å². The molecule has 0 spiro atoms. The van der Waals surface area contributed by atoms with E-state index in [0.29, 0.717) is 0 Å². The van der Waals surface area contributed by atoms with Crippen molar-refractivity contribution in [2.75, 3.05) is 0 Å². The molecule has 3 N–H and O–H groups in total. The number of hydrogen-bond donors (Lipinski definition) is 2. The number of carbonyl (C=O) groups is 1. The van der Waals surface area contributed by atoms with Crippen molar-refractivity contribution in [1.82, 2.24) is 0 Å². The molecule has 1 atom stereocenters. The van der Waals surface area contributed by atoms with Gasteiger partial charge in [-0.2, -0.15) is 0 Å². The molecule has 0 saturated heterocycles. The molecule has 2 aromatic rings. The van der Waals surface area contributed by atoms with E-state index >= 15 is 0 Å². The molecule has 3 heteroatoms. The van der Waals surface area contributed by atoms with Gasteiger partial charge in [0, 0.05) is 6.04 Å². The van der Waals surface area contributed by atoms with Crippen LogP contribution < -0.4 is 5.73 Å². The Morgan fingerprint density at radius 2 is 1.94 bits per heavy atom. The number of rotatable bonds is 3. The molecule has 0 amide bonds. The van der Waals surface area contributed by atoms with E-state index in [0.717, 1.165) is 23.8 Å². The first-order valence-corrected chi connectivity index (χ1v) is 6.17. The number of carboxylic acid groups (broad SMARTS) is 1. The van der Waals surface area contributed by atoms with Gasteiger partial charge in [0.25, 0.3) is 0 Å². The lowest BCUT2D eigenvalue weighted by Gasteiger charge is -2.14. The van der Waals surface area contributed by atoms with Crippen molar-refractivity contribution < 1.29 is 9.90 Å². The molecule has 0 saturated carbocycles. The van der Waals surface area contributed by atoms with E-state index in [4.69, 9.17) is 10.8 Å². The molecular weight excluding hydrogens is 226 g/mol. The molecule has 3 nitrogen and oxygen atoms in total. The summed E-state index contributed by atoms with van der Waals surface area (Å²) in [6.45, 7) is 0. The smallest absolute Gasteiger partial charge is 0.305 e. The summed E-state index contributed by atoms with van der Waals surface area (Å²) in [5.74, 6) is -0.856. The largest absolute Gasteiger partial charge is 0.481 e. The van der Waals surface area contributed by atoms with Crippen LogP contribution in [-0.2, 0) is 17.6 Å². The van der Waals surface area contributed by atoms with Crippen molar-refractivity contribution in [2.45, 2.75) is 25.3 Å². The van der Waals surface area contributed by atoms with Gasteiger partial charge in [-0.3, -0.25) is 4.79 Å². The Hall–Kier alpha value is -1.87. The number of hydrogen-bond acceptors (Lipinski definition) is 2. The number of benzene rings is 2. The van der Waals surface area contributed by atoms with Crippen molar-refractivity contribution in [3.05, 3.63) is 47.0 Å². The van der Waals surface area contributed by atoms with E-state index < -0.39 is 12.0 Å². The fraction of sp³-hybridized carbons (Fsp3) is 0.267. The topological polar surface area (TPSA) is 63.3 Å². The van der Waals surface area contributed by atoms with Crippen LogP contribution in [0.3, 0.4) is 0 Å². The summed E-state index contributed by atoms with van der Waals surface area (Å²) in [7, 11) is 0. The van der Waals surface area contributed by atoms with Crippen LogP contribution in [0.25, 0.3) is 10.8 Å².